The van der Waals surface area contributed by atoms with Gasteiger partial charge in [0.05, 0.1) is 6.10 Å². The number of unbranched alkanes of at least 4 members (excludes halogenated alkanes) is 1. The molecule has 2 aliphatic rings. The Bertz CT molecular complexity index is 430. The summed E-state index contributed by atoms with van der Waals surface area (Å²) in [6.07, 6.45) is 7.78. The van der Waals surface area contributed by atoms with Gasteiger partial charge in [-0.1, -0.05) is 62.9 Å². The Morgan fingerprint density at radius 3 is 2.79 bits per heavy atom. The lowest BCUT2D eigenvalue weighted by Gasteiger charge is -2.37. The van der Waals surface area contributed by atoms with Crippen molar-refractivity contribution in [3.8, 4) is 0 Å². The molecule has 0 spiro atoms. The van der Waals surface area contributed by atoms with Crippen LogP contribution in [0.25, 0.3) is 0 Å². The maximum Gasteiger partial charge on any atom is 0.127 e. The van der Waals surface area contributed by atoms with Crippen molar-refractivity contribution in [1.29, 1.82) is 0 Å². The standard InChI is InChI=1S/C17H24O2/c1-2-3-12-16(18,14-9-5-4-6-10-14)17-13-8-7-11-15(17)19-17/h4-6,9-10,15,18H,2-3,7-8,11-13H2,1H3/t15-,16-,17+/m0/s1. The van der Waals surface area contributed by atoms with Crippen LogP contribution in [0.1, 0.15) is 57.4 Å². The first-order valence-corrected chi connectivity index (χ1v) is 7.69. The van der Waals surface area contributed by atoms with Crippen LogP contribution >= 0.6 is 0 Å². The number of hydrogen-bond donors (Lipinski definition) is 1. The van der Waals surface area contributed by atoms with Crippen LogP contribution in [0.2, 0.25) is 0 Å². The quantitative estimate of drug-likeness (QED) is 0.817. The molecule has 1 heterocycles. The fraction of sp³-hybridized carbons (Fsp3) is 0.647. The molecular weight excluding hydrogens is 236 g/mol. The number of rotatable bonds is 5. The van der Waals surface area contributed by atoms with Crippen LogP contribution in [0, 0.1) is 0 Å². The van der Waals surface area contributed by atoms with Crippen LogP contribution in [-0.4, -0.2) is 16.8 Å². The van der Waals surface area contributed by atoms with E-state index in [1.54, 1.807) is 0 Å². The van der Waals surface area contributed by atoms with Gasteiger partial charge in [0.2, 0.25) is 0 Å². The predicted molar refractivity (Wildman–Crippen MR) is 75.9 cm³/mol. The Labute approximate surface area is 115 Å². The summed E-state index contributed by atoms with van der Waals surface area (Å²) in [5.74, 6) is 0. The maximum absolute atomic E-state index is 11.4. The fourth-order valence-electron chi connectivity index (χ4n) is 3.77. The predicted octanol–water partition coefficient (Wildman–Crippen LogP) is 3.78. The lowest BCUT2D eigenvalue weighted by Crippen LogP contribution is -2.45. The van der Waals surface area contributed by atoms with E-state index in [-0.39, 0.29) is 11.7 Å². The average Bonchev–Trinajstić information content (AvgIpc) is 3.22. The summed E-state index contributed by atoms with van der Waals surface area (Å²) in [7, 11) is 0. The average molecular weight is 260 g/mol. The molecule has 1 aliphatic heterocycles. The number of aliphatic hydroxyl groups is 1. The molecule has 1 aliphatic carbocycles. The third kappa shape index (κ3) is 2.02. The molecule has 2 fully saturated rings. The van der Waals surface area contributed by atoms with Crippen molar-refractivity contribution in [2.45, 2.75) is 69.2 Å². The summed E-state index contributed by atoms with van der Waals surface area (Å²) >= 11 is 0. The van der Waals surface area contributed by atoms with Gasteiger partial charge in [-0.3, -0.25) is 0 Å². The van der Waals surface area contributed by atoms with Gasteiger partial charge in [0.15, 0.2) is 0 Å². The molecule has 0 amide bonds. The van der Waals surface area contributed by atoms with E-state index >= 15 is 0 Å². The highest BCUT2D eigenvalue weighted by Crippen LogP contribution is 2.59. The summed E-state index contributed by atoms with van der Waals surface area (Å²) in [4.78, 5) is 0. The van der Waals surface area contributed by atoms with Gasteiger partial charge in [-0.05, 0) is 24.8 Å². The summed E-state index contributed by atoms with van der Waals surface area (Å²) in [5.41, 5.74) is -0.0511. The smallest absolute Gasteiger partial charge is 0.127 e. The molecule has 1 N–H and O–H groups in total. The Balaban J connectivity index is 1.93. The summed E-state index contributed by atoms with van der Waals surface area (Å²) in [5, 5.41) is 11.4. The number of fused-ring (bicyclic) bond motifs is 1. The highest BCUT2D eigenvalue weighted by molar-refractivity contribution is 5.31. The first-order chi connectivity index (χ1) is 9.23. The van der Waals surface area contributed by atoms with Crippen molar-refractivity contribution < 1.29 is 9.84 Å². The molecule has 1 saturated heterocycles. The molecule has 2 nitrogen and oxygen atoms in total. The molecular formula is C17H24O2. The number of epoxide rings is 1. The van der Waals surface area contributed by atoms with Gasteiger partial charge in [-0.15, -0.1) is 0 Å². The van der Waals surface area contributed by atoms with Gasteiger partial charge in [-0.2, -0.15) is 0 Å². The second-order valence-electron chi connectivity index (χ2n) is 6.07. The van der Waals surface area contributed by atoms with Gasteiger partial charge in [0.25, 0.3) is 0 Å². The number of hydrogen-bond acceptors (Lipinski definition) is 2. The van der Waals surface area contributed by atoms with Gasteiger partial charge in [0, 0.05) is 0 Å². The Morgan fingerprint density at radius 2 is 2.11 bits per heavy atom. The Kier molecular flexibility index (Phi) is 3.40. The first-order valence-electron chi connectivity index (χ1n) is 7.69. The fourth-order valence-corrected chi connectivity index (χ4v) is 3.77. The zero-order chi connectivity index (χ0) is 13.3. The molecule has 0 aromatic heterocycles. The van der Waals surface area contributed by atoms with Crippen LogP contribution in [0.15, 0.2) is 30.3 Å². The topological polar surface area (TPSA) is 32.8 Å². The maximum atomic E-state index is 11.4. The molecule has 104 valence electrons. The Hall–Kier alpha value is -0.860. The lowest BCUT2D eigenvalue weighted by atomic mass is 9.70. The van der Waals surface area contributed by atoms with Crippen molar-refractivity contribution in [2.75, 3.05) is 0 Å². The minimum Gasteiger partial charge on any atom is -0.382 e. The first kappa shape index (κ1) is 13.1. The monoisotopic (exact) mass is 260 g/mol. The molecule has 19 heavy (non-hydrogen) atoms. The van der Waals surface area contributed by atoms with Gasteiger partial charge in [-0.25, -0.2) is 0 Å². The third-order valence-electron chi connectivity index (χ3n) is 4.92. The van der Waals surface area contributed by atoms with Gasteiger partial charge >= 0.3 is 0 Å². The van der Waals surface area contributed by atoms with E-state index in [1.165, 1.54) is 12.8 Å². The van der Waals surface area contributed by atoms with Crippen LogP contribution in [0.3, 0.4) is 0 Å². The minimum absolute atomic E-state index is 0.281. The van der Waals surface area contributed by atoms with E-state index in [1.807, 2.05) is 18.2 Å². The largest absolute Gasteiger partial charge is 0.382 e. The van der Waals surface area contributed by atoms with E-state index in [0.717, 1.165) is 37.7 Å². The summed E-state index contributed by atoms with van der Waals surface area (Å²) in [6, 6.07) is 10.1. The van der Waals surface area contributed by atoms with Crippen LogP contribution < -0.4 is 0 Å². The van der Waals surface area contributed by atoms with Crippen LogP contribution in [0.4, 0.5) is 0 Å². The van der Waals surface area contributed by atoms with E-state index in [4.69, 9.17) is 4.74 Å². The van der Waals surface area contributed by atoms with Crippen LogP contribution in [-0.2, 0) is 10.3 Å². The van der Waals surface area contributed by atoms with E-state index in [9.17, 15) is 5.11 Å². The third-order valence-corrected chi connectivity index (χ3v) is 4.92. The van der Waals surface area contributed by atoms with E-state index in [0.29, 0.717) is 0 Å². The summed E-state index contributed by atoms with van der Waals surface area (Å²) < 4.78 is 6.03. The SMILES string of the molecule is CCCC[C@](O)(c1ccccc1)[C@@]12CCCC[C@@H]1O2. The second-order valence-corrected chi connectivity index (χ2v) is 6.07. The second kappa shape index (κ2) is 4.92. The molecule has 3 atom stereocenters. The molecule has 2 heteroatoms. The van der Waals surface area contributed by atoms with E-state index in [2.05, 4.69) is 19.1 Å². The molecule has 0 radical (unpaired) electrons. The van der Waals surface area contributed by atoms with Gasteiger partial charge < -0.3 is 9.84 Å². The minimum atomic E-state index is -0.796. The summed E-state index contributed by atoms with van der Waals surface area (Å²) in [6.45, 7) is 2.18. The van der Waals surface area contributed by atoms with Crippen molar-refractivity contribution in [3.05, 3.63) is 35.9 Å². The molecule has 0 bridgehead atoms. The highest BCUT2D eigenvalue weighted by atomic mass is 16.6. The van der Waals surface area contributed by atoms with Crippen molar-refractivity contribution in [1.82, 2.24) is 0 Å². The normalized spacial score (nSPS) is 32.4. The zero-order valence-electron chi connectivity index (χ0n) is 11.8. The molecule has 0 unspecified atom stereocenters. The molecule has 1 aromatic rings. The molecule has 1 aromatic carbocycles. The molecule has 3 rings (SSSR count). The van der Waals surface area contributed by atoms with Crippen molar-refractivity contribution in [3.63, 3.8) is 0 Å². The van der Waals surface area contributed by atoms with Crippen molar-refractivity contribution in [2.24, 2.45) is 0 Å². The van der Waals surface area contributed by atoms with Crippen LogP contribution in [0.5, 0.6) is 0 Å². The van der Waals surface area contributed by atoms with Crippen molar-refractivity contribution >= 4 is 0 Å². The number of ether oxygens (including phenoxy) is 1. The van der Waals surface area contributed by atoms with E-state index < -0.39 is 5.60 Å². The highest BCUT2D eigenvalue weighted by Gasteiger charge is 2.68. The number of benzene rings is 1. The molecule has 1 saturated carbocycles. The Morgan fingerprint density at radius 1 is 1.32 bits per heavy atom. The van der Waals surface area contributed by atoms with Gasteiger partial charge in [0.1, 0.15) is 11.2 Å². The lowest BCUT2D eigenvalue weighted by molar-refractivity contribution is -0.0580. The zero-order valence-corrected chi connectivity index (χ0v) is 11.8.